The SMILES string of the molecule is CC[N+]1(C)CCC(O)(c2ccc(C)cc2)C(C(=O)c2ccc(C)cc2)C1.[I-]. The number of benzene rings is 2. The second-order valence-electron chi connectivity index (χ2n) is 8.17. The highest BCUT2D eigenvalue weighted by Crippen LogP contribution is 2.41. The molecule has 146 valence electrons. The van der Waals surface area contributed by atoms with E-state index in [1.807, 2.05) is 62.4 Å². The summed E-state index contributed by atoms with van der Waals surface area (Å²) in [6.45, 7) is 8.70. The summed E-state index contributed by atoms with van der Waals surface area (Å²) >= 11 is 0. The van der Waals surface area contributed by atoms with E-state index in [-0.39, 0.29) is 29.8 Å². The number of rotatable bonds is 4. The summed E-state index contributed by atoms with van der Waals surface area (Å²) in [7, 11) is 2.18. The largest absolute Gasteiger partial charge is 1.00 e. The van der Waals surface area contributed by atoms with Crippen molar-refractivity contribution in [3.8, 4) is 0 Å². The average Bonchev–Trinajstić information content (AvgIpc) is 2.64. The Morgan fingerprint density at radius 2 is 1.59 bits per heavy atom. The third kappa shape index (κ3) is 4.44. The molecule has 1 fully saturated rings. The van der Waals surface area contributed by atoms with Crippen LogP contribution in [0, 0.1) is 19.8 Å². The predicted molar refractivity (Wildman–Crippen MR) is 105 cm³/mol. The van der Waals surface area contributed by atoms with Gasteiger partial charge in [-0.1, -0.05) is 59.7 Å². The number of hydrogen-bond donors (Lipinski definition) is 1. The predicted octanol–water partition coefficient (Wildman–Crippen LogP) is 0.864. The molecular weight excluding hydrogens is 449 g/mol. The number of hydrogen-bond acceptors (Lipinski definition) is 2. The summed E-state index contributed by atoms with van der Waals surface area (Å²) in [5.41, 5.74) is 2.73. The van der Waals surface area contributed by atoms with E-state index in [1.54, 1.807) is 0 Å². The fourth-order valence-electron chi connectivity index (χ4n) is 3.99. The molecule has 0 aliphatic carbocycles. The first-order valence-corrected chi connectivity index (χ1v) is 9.51. The van der Waals surface area contributed by atoms with Gasteiger partial charge in [-0.25, -0.2) is 0 Å². The Kier molecular flexibility index (Phi) is 6.87. The van der Waals surface area contributed by atoms with E-state index in [0.717, 1.165) is 34.3 Å². The highest BCUT2D eigenvalue weighted by Gasteiger charge is 2.51. The second kappa shape index (κ2) is 8.41. The molecule has 0 bridgehead atoms. The van der Waals surface area contributed by atoms with Crippen LogP contribution in [-0.4, -0.2) is 42.1 Å². The standard InChI is InChI=1S/C23H30NO2.HI/c1-5-24(4)15-14-23(26,20-12-8-18(3)9-13-20)21(16-24)22(25)19-10-6-17(2)7-11-19;/h6-13,21,26H,5,14-16H2,1-4H3;1H/q+1;/p-1. The van der Waals surface area contributed by atoms with E-state index >= 15 is 0 Å². The van der Waals surface area contributed by atoms with Gasteiger partial charge < -0.3 is 33.6 Å². The van der Waals surface area contributed by atoms with Gasteiger partial charge in [0.2, 0.25) is 0 Å². The Bertz CT molecular complexity index is 787. The molecule has 0 radical (unpaired) electrons. The van der Waals surface area contributed by atoms with Crippen molar-refractivity contribution in [3.63, 3.8) is 0 Å². The van der Waals surface area contributed by atoms with Crippen molar-refractivity contribution in [1.29, 1.82) is 0 Å². The summed E-state index contributed by atoms with van der Waals surface area (Å²) in [6.07, 6.45) is 0.600. The molecule has 3 nitrogen and oxygen atoms in total. The minimum absolute atomic E-state index is 0. The maximum atomic E-state index is 13.4. The molecule has 1 aliphatic heterocycles. The Balaban J connectivity index is 0.00000261. The highest BCUT2D eigenvalue weighted by atomic mass is 127. The van der Waals surface area contributed by atoms with Gasteiger partial charge in [-0.3, -0.25) is 4.79 Å². The maximum Gasteiger partial charge on any atom is 0.174 e. The molecule has 2 aromatic carbocycles. The molecule has 4 heteroatoms. The number of carbonyl (C=O) groups excluding carboxylic acids is 1. The summed E-state index contributed by atoms with van der Waals surface area (Å²) < 4.78 is 0.816. The van der Waals surface area contributed by atoms with E-state index in [9.17, 15) is 9.90 Å². The van der Waals surface area contributed by atoms with Crippen LogP contribution >= 0.6 is 0 Å². The summed E-state index contributed by atoms with van der Waals surface area (Å²) in [4.78, 5) is 13.4. The van der Waals surface area contributed by atoms with Crippen LogP contribution in [-0.2, 0) is 5.60 Å². The second-order valence-corrected chi connectivity index (χ2v) is 8.17. The molecule has 0 saturated carbocycles. The number of ketones is 1. The molecule has 3 rings (SSSR count). The lowest BCUT2D eigenvalue weighted by Gasteiger charge is -2.48. The normalized spacial score (nSPS) is 27.7. The fourth-order valence-corrected chi connectivity index (χ4v) is 3.99. The van der Waals surface area contributed by atoms with Gasteiger partial charge in [0.25, 0.3) is 0 Å². The number of aliphatic hydroxyl groups is 1. The number of quaternary nitrogens is 1. The van der Waals surface area contributed by atoms with Crippen molar-refractivity contribution >= 4 is 5.78 Å². The molecule has 1 heterocycles. The number of likely N-dealkylation sites (tertiary alicyclic amines) is 1. The van der Waals surface area contributed by atoms with Crippen molar-refractivity contribution < 1.29 is 38.4 Å². The Labute approximate surface area is 180 Å². The zero-order valence-corrected chi connectivity index (χ0v) is 18.9. The summed E-state index contributed by atoms with van der Waals surface area (Å²) in [6, 6.07) is 15.7. The molecule has 0 spiro atoms. The quantitative estimate of drug-likeness (QED) is 0.402. The number of nitrogens with zero attached hydrogens (tertiary/aromatic N) is 1. The van der Waals surface area contributed by atoms with E-state index in [2.05, 4.69) is 14.0 Å². The zero-order valence-electron chi connectivity index (χ0n) is 16.7. The van der Waals surface area contributed by atoms with Crippen molar-refractivity contribution in [2.45, 2.75) is 32.8 Å². The molecule has 1 aliphatic rings. The third-order valence-electron chi connectivity index (χ3n) is 6.20. The van der Waals surface area contributed by atoms with E-state index in [0.29, 0.717) is 18.5 Å². The Hall–Kier alpha value is -1.24. The molecule has 1 saturated heterocycles. The number of aryl methyl sites for hydroxylation is 2. The number of Topliss-reactive ketones (excluding diaryl/α,β-unsaturated/α-hetero) is 1. The topological polar surface area (TPSA) is 37.3 Å². The fraction of sp³-hybridized carbons (Fsp3) is 0.435. The molecule has 27 heavy (non-hydrogen) atoms. The molecule has 0 amide bonds. The van der Waals surface area contributed by atoms with Gasteiger partial charge in [0.05, 0.1) is 26.7 Å². The first-order valence-electron chi connectivity index (χ1n) is 9.51. The summed E-state index contributed by atoms with van der Waals surface area (Å²) in [5.74, 6) is -0.391. The Morgan fingerprint density at radius 1 is 1.07 bits per heavy atom. The van der Waals surface area contributed by atoms with Gasteiger partial charge in [-0.15, -0.1) is 0 Å². The maximum absolute atomic E-state index is 13.4. The monoisotopic (exact) mass is 479 g/mol. The first-order chi connectivity index (χ1) is 12.3. The average molecular weight is 479 g/mol. The van der Waals surface area contributed by atoms with Crippen molar-refractivity contribution in [3.05, 3.63) is 70.8 Å². The van der Waals surface area contributed by atoms with Gasteiger partial charge in [-0.2, -0.15) is 0 Å². The van der Waals surface area contributed by atoms with Crippen LogP contribution in [0.3, 0.4) is 0 Å². The van der Waals surface area contributed by atoms with Gasteiger partial charge >= 0.3 is 0 Å². The van der Waals surface area contributed by atoms with Crippen molar-refractivity contribution in [2.75, 3.05) is 26.7 Å². The minimum Gasteiger partial charge on any atom is -1.00 e. The van der Waals surface area contributed by atoms with E-state index < -0.39 is 11.5 Å². The van der Waals surface area contributed by atoms with Crippen LogP contribution in [0.1, 0.15) is 40.4 Å². The Morgan fingerprint density at radius 3 is 2.11 bits per heavy atom. The van der Waals surface area contributed by atoms with Crippen LogP contribution in [0.2, 0.25) is 0 Å². The molecule has 1 N–H and O–H groups in total. The number of halogens is 1. The van der Waals surface area contributed by atoms with Crippen LogP contribution in [0.4, 0.5) is 0 Å². The lowest BCUT2D eigenvalue weighted by molar-refractivity contribution is -0.917. The molecular formula is C23H30INO2. The minimum atomic E-state index is -1.11. The molecule has 3 unspecified atom stereocenters. The van der Waals surface area contributed by atoms with Gasteiger partial charge in [0.1, 0.15) is 11.5 Å². The highest BCUT2D eigenvalue weighted by molar-refractivity contribution is 5.98. The van der Waals surface area contributed by atoms with Crippen molar-refractivity contribution in [1.82, 2.24) is 0 Å². The molecule has 0 aromatic heterocycles. The first kappa shape index (κ1) is 22.1. The van der Waals surface area contributed by atoms with Gasteiger partial charge in [0, 0.05) is 12.0 Å². The van der Waals surface area contributed by atoms with E-state index in [1.165, 1.54) is 0 Å². The number of carbonyl (C=O) groups is 1. The van der Waals surface area contributed by atoms with E-state index in [4.69, 9.17) is 0 Å². The van der Waals surface area contributed by atoms with Crippen molar-refractivity contribution in [2.24, 2.45) is 5.92 Å². The number of piperidine rings is 1. The smallest absolute Gasteiger partial charge is 0.174 e. The van der Waals surface area contributed by atoms with Crippen LogP contribution in [0.5, 0.6) is 0 Å². The lowest BCUT2D eigenvalue weighted by Crippen LogP contribution is -3.00. The molecule has 2 aromatic rings. The van der Waals surface area contributed by atoms with Crippen LogP contribution < -0.4 is 24.0 Å². The van der Waals surface area contributed by atoms with Crippen LogP contribution in [0.25, 0.3) is 0 Å². The summed E-state index contributed by atoms with van der Waals surface area (Å²) in [5, 5.41) is 11.7. The van der Waals surface area contributed by atoms with Crippen LogP contribution in [0.15, 0.2) is 48.5 Å². The third-order valence-corrected chi connectivity index (χ3v) is 6.20. The van der Waals surface area contributed by atoms with Gasteiger partial charge in [0.15, 0.2) is 5.78 Å². The lowest BCUT2D eigenvalue weighted by atomic mass is 9.72. The molecule has 3 atom stereocenters. The zero-order chi connectivity index (χ0) is 18.9. The van der Waals surface area contributed by atoms with Gasteiger partial charge in [-0.05, 0) is 26.3 Å².